The highest BCUT2D eigenvalue weighted by Gasteiger charge is 2.24. The van der Waals surface area contributed by atoms with Gasteiger partial charge in [0.05, 0.1) is 36.1 Å². The predicted octanol–water partition coefficient (Wildman–Crippen LogP) is 2.76. The highest BCUT2D eigenvalue weighted by Crippen LogP contribution is 2.28. The number of anilines is 2. The van der Waals surface area contributed by atoms with E-state index in [1.165, 1.54) is 0 Å². The van der Waals surface area contributed by atoms with Gasteiger partial charge < -0.3 is 25.0 Å². The molecule has 0 aromatic heterocycles. The minimum atomic E-state index is -0.343. The van der Waals surface area contributed by atoms with Gasteiger partial charge in [0.2, 0.25) is 0 Å². The van der Waals surface area contributed by atoms with Crippen molar-refractivity contribution in [3.8, 4) is 0 Å². The molecule has 0 saturated carbocycles. The molecule has 0 spiro atoms. The zero-order valence-electron chi connectivity index (χ0n) is 16.0. The maximum absolute atomic E-state index is 12.2. The molecule has 1 heterocycles. The van der Waals surface area contributed by atoms with E-state index in [2.05, 4.69) is 15.5 Å². The van der Waals surface area contributed by atoms with Crippen LogP contribution in [0.4, 0.5) is 16.2 Å². The second kappa shape index (κ2) is 9.43. The number of esters is 1. The van der Waals surface area contributed by atoms with Gasteiger partial charge in [-0.1, -0.05) is 12.1 Å². The summed E-state index contributed by atoms with van der Waals surface area (Å²) in [5.41, 5.74) is 1.69. The van der Waals surface area contributed by atoms with E-state index in [1.807, 2.05) is 38.1 Å². The van der Waals surface area contributed by atoms with Crippen molar-refractivity contribution < 1.29 is 19.1 Å². The number of nitrogens with zero attached hydrogens (tertiary/aromatic N) is 1. The van der Waals surface area contributed by atoms with Gasteiger partial charge in [-0.15, -0.1) is 0 Å². The lowest BCUT2D eigenvalue weighted by Gasteiger charge is -2.37. The third-order valence-electron chi connectivity index (χ3n) is 3.89. The fraction of sp³-hybridized carbons (Fsp3) is 0.579. The minimum Gasteiger partial charge on any atom is -0.463 e. The summed E-state index contributed by atoms with van der Waals surface area (Å²) in [6.07, 6.45) is 0.257. The Balaban J connectivity index is 1.91. The Bertz CT molecular complexity index is 611. The van der Waals surface area contributed by atoms with Gasteiger partial charge in [0.1, 0.15) is 0 Å². The van der Waals surface area contributed by atoms with E-state index < -0.39 is 0 Å². The highest BCUT2D eigenvalue weighted by atomic mass is 16.5. The van der Waals surface area contributed by atoms with Gasteiger partial charge in [-0.3, -0.25) is 4.79 Å². The lowest BCUT2D eigenvalue weighted by Crippen LogP contribution is -2.45. The number of para-hydroxylation sites is 2. The Morgan fingerprint density at radius 1 is 1.23 bits per heavy atom. The predicted molar refractivity (Wildman–Crippen MR) is 102 cm³/mol. The first-order valence-corrected chi connectivity index (χ1v) is 9.09. The Labute approximate surface area is 155 Å². The molecule has 1 fully saturated rings. The molecule has 26 heavy (non-hydrogen) atoms. The molecule has 2 atom stereocenters. The van der Waals surface area contributed by atoms with Gasteiger partial charge in [0, 0.05) is 19.6 Å². The number of urea groups is 1. The second-order valence-electron chi connectivity index (χ2n) is 6.85. The number of carbonyl (C=O) groups excluding carboxylic acids is 2. The molecule has 0 unspecified atom stereocenters. The van der Waals surface area contributed by atoms with Crippen molar-refractivity contribution in [1.82, 2.24) is 5.32 Å². The molecule has 1 aliphatic rings. The Kier molecular flexibility index (Phi) is 7.26. The number of morpholine rings is 1. The van der Waals surface area contributed by atoms with E-state index in [0.29, 0.717) is 0 Å². The molecule has 1 aromatic carbocycles. The molecule has 1 aromatic rings. The van der Waals surface area contributed by atoms with Crippen LogP contribution in [0.1, 0.15) is 34.1 Å². The van der Waals surface area contributed by atoms with Crippen LogP contribution >= 0.6 is 0 Å². The van der Waals surface area contributed by atoms with Crippen molar-refractivity contribution in [1.29, 1.82) is 0 Å². The first-order valence-electron chi connectivity index (χ1n) is 9.09. The molecule has 2 amide bonds. The van der Waals surface area contributed by atoms with E-state index in [1.54, 1.807) is 13.8 Å². The number of nitrogens with one attached hydrogen (secondary N) is 2. The molecule has 1 saturated heterocycles. The SMILES string of the molecule is CC(C)OC(=O)CCNC(=O)Nc1ccccc1N1C[C@@H](C)O[C@@H](C)C1. The van der Waals surface area contributed by atoms with Crippen LogP contribution in [0.15, 0.2) is 24.3 Å². The number of benzene rings is 1. The number of hydrogen-bond donors (Lipinski definition) is 2. The van der Waals surface area contributed by atoms with Crippen molar-refractivity contribution in [2.24, 2.45) is 0 Å². The van der Waals surface area contributed by atoms with Crippen molar-refractivity contribution >= 4 is 23.4 Å². The third kappa shape index (κ3) is 6.22. The first kappa shape index (κ1) is 20.0. The zero-order valence-corrected chi connectivity index (χ0v) is 16.0. The summed E-state index contributed by atoms with van der Waals surface area (Å²) in [5.74, 6) is -0.322. The highest BCUT2D eigenvalue weighted by molar-refractivity contribution is 5.93. The van der Waals surface area contributed by atoms with Gasteiger partial charge in [0.25, 0.3) is 0 Å². The van der Waals surface area contributed by atoms with Gasteiger partial charge in [-0.25, -0.2) is 4.79 Å². The smallest absolute Gasteiger partial charge is 0.319 e. The van der Waals surface area contributed by atoms with Gasteiger partial charge in [0.15, 0.2) is 0 Å². The van der Waals surface area contributed by atoms with Crippen LogP contribution in [0.3, 0.4) is 0 Å². The number of hydrogen-bond acceptors (Lipinski definition) is 5. The summed E-state index contributed by atoms with van der Waals surface area (Å²) in [4.78, 5) is 25.9. The summed E-state index contributed by atoms with van der Waals surface area (Å²) < 4.78 is 10.8. The molecule has 2 N–H and O–H groups in total. The summed E-state index contributed by atoms with van der Waals surface area (Å²) >= 11 is 0. The molecule has 0 radical (unpaired) electrons. The van der Waals surface area contributed by atoms with Crippen LogP contribution in [0.2, 0.25) is 0 Å². The normalized spacial score (nSPS) is 20.0. The molecule has 0 bridgehead atoms. The van der Waals surface area contributed by atoms with Crippen molar-refractivity contribution in [3.05, 3.63) is 24.3 Å². The maximum Gasteiger partial charge on any atom is 0.319 e. The Morgan fingerprint density at radius 2 is 1.88 bits per heavy atom. The van der Waals surface area contributed by atoms with Crippen LogP contribution in [0.25, 0.3) is 0 Å². The quantitative estimate of drug-likeness (QED) is 0.760. The lowest BCUT2D eigenvalue weighted by atomic mass is 10.1. The average molecular weight is 363 g/mol. The largest absolute Gasteiger partial charge is 0.463 e. The maximum atomic E-state index is 12.2. The fourth-order valence-electron chi connectivity index (χ4n) is 3.00. The van der Waals surface area contributed by atoms with E-state index >= 15 is 0 Å². The molecule has 7 heteroatoms. The minimum absolute atomic E-state index is 0.132. The molecule has 2 rings (SSSR count). The molecule has 1 aliphatic heterocycles. The van der Waals surface area contributed by atoms with Crippen LogP contribution in [-0.2, 0) is 14.3 Å². The first-order chi connectivity index (χ1) is 12.3. The van der Waals surface area contributed by atoms with Crippen LogP contribution in [0.5, 0.6) is 0 Å². The van der Waals surface area contributed by atoms with Gasteiger partial charge >= 0.3 is 12.0 Å². The van der Waals surface area contributed by atoms with Gasteiger partial charge in [-0.05, 0) is 39.8 Å². The number of ether oxygens (including phenoxy) is 2. The summed E-state index contributed by atoms with van der Waals surface area (Å²) in [6, 6.07) is 7.34. The summed E-state index contributed by atoms with van der Waals surface area (Å²) in [5, 5.41) is 5.56. The van der Waals surface area contributed by atoms with Crippen molar-refractivity contribution in [2.75, 3.05) is 29.9 Å². The number of amides is 2. The van der Waals surface area contributed by atoms with Crippen LogP contribution in [-0.4, -0.2) is 49.9 Å². The molecular weight excluding hydrogens is 334 g/mol. The van der Waals surface area contributed by atoms with Crippen LogP contribution in [0, 0.1) is 0 Å². The summed E-state index contributed by atoms with van der Waals surface area (Å²) in [6.45, 7) is 9.44. The lowest BCUT2D eigenvalue weighted by molar-refractivity contribution is -0.147. The monoisotopic (exact) mass is 363 g/mol. The standard InChI is InChI=1S/C19H29N3O4/c1-13(2)25-18(23)9-10-20-19(24)21-16-7-5-6-8-17(16)22-11-14(3)26-15(4)12-22/h5-8,13-15H,9-12H2,1-4H3,(H2,20,21,24)/t14-,15+. The molecule has 7 nitrogen and oxygen atoms in total. The zero-order chi connectivity index (χ0) is 19.1. The second-order valence-corrected chi connectivity index (χ2v) is 6.85. The van der Waals surface area contributed by atoms with Crippen molar-refractivity contribution in [3.63, 3.8) is 0 Å². The fourth-order valence-corrected chi connectivity index (χ4v) is 3.00. The van der Waals surface area contributed by atoms with E-state index in [4.69, 9.17) is 9.47 Å². The Hall–Kier alpha value is -2.28. The molecule has 0 aliphatic carbocycles. The summed E-state index contributed by atoms with van der Waals surface area (Å²) in [7, 11) is 0. The van der Waals surface area contributed by atoms with E-state index in [9.17, 15) is 9.59 Å². The number of carbonyl (C=O) groups is 2. The topological polar surface area (TPSA) is 79.9 Å². The van der Waals surface area contributed by atoms with Gasteiger partial charge in [-0.2, -0.15) is 0 Å². The molecular formula is C19H29N3O4. The average Bonchev–Trinajstić information content (AvgIpc) is 2.53. The number of rotatable bonds is 6. The van der Waals surface area contributed by atoms with Crippen LogP contribution < -0.4 is 15.5 Å². The van der Waals surface area contributed by atoms with Crippen molar-refractivity contribution in [2.45, 2.75) is 52.4 Å². The third-order valence-corrected chi connectivity index (χ3v) is 3.89. The van der Waals surface area contributed by atoms with E-state index in [0.717, 1.165) is 24.5 Å². The Morgan fingerprint density at radius 3 is 2.54 bits per heavy atom. The van der Waals surface area contributed by atoms with E-state index in [-0.39, 0.29) is 43.3 Å². The molecule has 144 valence electrons.